The molecule has 0 fully saturated rings. The lowest BCUT2D eigenvalue weighted by Crippen LogP contribution is -2.38. The van der Waals surface area contributed by atoms with Gasteiger partial charge in [0.15, 0.2) is 0 Å². The lowest BCUT2D eigenvalue weighted by molar-refractivity contribution is -0.125. The highest BCUT2D eigenvalue weighted by Gasteiger charge is 2.29. The number of fused-ring (bicyclic) bond motifs is 2. The number of likely N-dealkylation sites (N-methyl/N-ethyl adjacent to an activating group) is 1. The molecular formula is C30H29N5O4. The third-order valence-electron chi connectivity index (χ3n) is 6.64. The number of hydrogen-bond acceptors (Lipinski definition) is 5. The highest BCUT2D eigenvalue weighted by Crippen LogP contribution is 2.25. The van der Waals surface area contributed by atoms with Crippen LogP contribution in [0, 0.1) is 0 Å². The first-order valence-corrected chi connectivity index (χ1v) is 12.6. The van der Waals surface area contributed by atoms with Gasteiger partial charge in [0, 0.05) is 61.8 Å². The van der Waals surface area contributed by atoms with Crippen molar-refractivity contribution in [2.24, 2.45) is 7.05 Å². The van der Waals surface area contributed by atoms with E-state index in [9.17, 15) is 14.4 Å². The molecule has 2 aromatic carbocycles. The molecule has 0 saturated carbocycles. The Bertz CT molecular complexity index is 1550. The van der Waals surface area contributed by atoms with E-state index in [1.165, 1.54) is 22.1 Å². The van der Waals surface area contributed by atoms with Crippen molar-refractivity contribution in [2.45, 2.75) is 19.7 Å². The van der Waals surface area contributed by atoms with Crippen LogP contribution in [-0.4, -0.2) is 50.9 Å². The molecule has 1 aliphatic rings. The van der Waals surface area contributed by atoms with Crippen molar-refractivity contribution in [3.63, 3.8) is 0 Å². The van der Waals surface area contributed by atoms with E-state index in [2.05, 4.69) is 4.98 Å². The maximum Gasteiger partial charge on any atom is 0.410 e. The van der Waals surface area contributed by atoms with Gasteiger partial charge < -0.3 is 14.2 Å². The first-order chi connectivity index (χ1) is 18.9. The van der Waals surface area contributed by atoms with Crippen molar-refractivity contribution in [1.82, 2.24) is 19.4 Å². The second-order valence-corrected chi connectivity index (χ2v) is 9.44. The Hall–Kier alpha value is -4.92. The number of anilines is 1. The summed E-state index contributed by atoms with van der Waals surface area (Å²) in [5.74, 6) is -0.289. The number of aromatic nitrogens is 2. The monoisotopic (exact) mass is 523 g/mol. The largest absolute Gasteiger partial charge is 0.445 e. The molecule has 4 aromatic rings. The van der Waals surface area contributed by atoms with Crippen LogP contribution in [0.1, 0.15) is 16.7 Å². The number of amides is 3. The van der Waals surface area contributed by atoms with E-state index in [1.54, 1.807) is 30.3 Å². The first-order valence-electron chi connectivity index (χ1n) is 12.6. The molecule has 0 radical (unpaired) electrons. The van der Waals surface area contributed by atoms with Crippen molar-refractivity contribution in [1.29, 1.82) is 0 Å². The van der Waals surface area contributed by atoms with E-state index in [-0.39, 0.29) is 25.6 Å². The van der Waals surface area contributed by atoms with Crippen LogP contribution >= 0.6 is 0 Å². The van der Waals surface area contributed by atoms with E-state index in [1.807, 2.05) is 72.4 Å². The molecule has 2 aromatic heterocycles. The smallest absolute Gasteiger partial charge is 0.410 e. The fourth-order valence-electron chi connectivity index (χ4n) is 4.63. The lowest BCUT2D eigenvalue weighted by atomic mass is 10.1. The molecular weight excluding hydrogens is 494 g/mol. The van der Waals surface area contributed by atoms with E-state index in [4.69, 9.17) is 4.74 Å². The average Bonchev–Trinajstić information content (AvgIpc) is 3.18. The normalized spacial score (nSPS) is 13.4. The minimum Gasteiger partial charge on any atom is -0.445 e. The standard InChI is InChI=1S/C30H29N5O4/c1-32-17-24(25-12-6-7-13-26(25)32)18-33(2)27(36)14-16-35-28(37)20-34(19-23-11-8-15-31-29(23)35)30(38)39-21-22-9-4-3-5-10-22/h3-17H,18-21H2,1-2H3/b16-14+. The summed E-state index contributed by atoms with van der Waals surface area (Å²) in [7, 11) is 3.69. The minimum absolute atomic E-state index is 0.103. The van der Waals surface area contributed by atoms with Gasteiger partial charge in [0.2, 0.25) is 5.91 Å². The molecule has 39 heavy (non-hydrogen) atoms. The number of pyridine rings is 1. The summed E-state index contributed by atoms with van der Waals surface area (Å²) in [6.07, 6.45) is 5.77. The zero-order valence-electron chi connectivity index (χ0n) is 21.9. The van der Waals surface area contributed by atoms with Gasteiger partial charge in [-0.2, -0.15) is 0 Å². The maximum absolute atomic E-state index is 13.2. The Labute approximate surface area is 226 Å². The SMILES string of the molecule is CN(Cc1cn(C)c2ccccc12)C(=O)/C=C/N1C(=O)CN(C(=O)OCc2ccccc2)Cc2cccnc21. The van der Waals surface area contributed by atoms with Crippen LogP contribution in [0.2, 0.25) is 0 Å². The number of benzene rings is 2. The van der Waals surface area contributed by atoms with Gasteiger partial charge in [0.05, 0.1) is 6.54 Å². The fourth-order valence-corrected chi connectivity index (χ4v) is 4.63. The molecule has 0 unspecified atom stereocenters. The summed E-state index contributed by atoms with van der Waals surface area (Å²) in [6.45, 7) is 0.454. The molecule has 0 saturated heterocycles. The summed E-state index contributed by atoms with van der Waals surface area (Å²) in [5, 5.41) is 1.09. The topological polar surface area (TPSA) is 88.0 Å². The molecule has 198 valence electrons. The molecule has 0 N–H and O–H groups in total. The highest BCUT2D eigenvalue weighted by atomic mass is 16.6. The Morgan fingerprint density at radius 1 is 1.03 bits per heavy atom. The summed E-state index contributed by atoms with van der Waals surface area (Å²) < 4.78 is 7.49. The van der Waals surface area contributed by atoms with Gasteiger partial charge in [-0.1, -0.05) is 54.6 Å². The van der Waals surface area contributed by atoms with Gasteiger partial charge in [-0.15, -0.1) is 0 Å². The number of carbonyl (C=O) groups is 3. The Morgan fingerprint density at radius 3 is 2.62 bits per heavy atom. The predicted octanol–water partition coefficient (Wildman–Crippen LogP) is 4.23. The summed E-state index contributed by atoms with van der Waals surface area (Å²) in [5.41, 5.74) is 3.64. The fraction of sp³-hybridized carbons (Fsp3) is 0.200. The third kappa shape index (κ3) is 5.67. The Kier molecular flexibility index (Phi) is 7.40. The molecule has 0 atom stereocenters. The maximum atomic E-state index is 13.2. The molecule has 0 aliphatic carbocycles. The molecule has 5 rings (SSSR count). The van der Waals surface area contributed by atoms with Crippen molar-refractivity contribution in [2.75, 3.05) is 18.5 Å². The third-order valence-corrected chi connectivity index (χ3v) is 6.64. The molecule has 0 bridgehead atoms. The van der Waals surface area contributed by atoms with Gasteiger partial charge in [-0.05, 0) is 23.3 Å². The molecule has 9 heteroatoms. The minimum atomic E-state index is -0.598. The quantitative estimate of drug-likeness (QED) is 0.353. The summed E-state index contributed by atoms with van der Waals surface area (Å²) in [6, 6.07) is 20.9. The number of aryl methyl sites for hydroxylation is 1. The van der Waals surface area contributed by atoms with Crippen LogP contribution in [0.4, 0.5) is 10.6 Å². The summed E-state index contributed by atoms with van der Waals surface area (Å²) >= 11 is 0. The zero-order chi connectivity index (χ0) is 27.4. The van der Waals surface area contributed by atoms with Crippen LogP contribution in [0.3, 0.4) is 0 Å². The summed E-state index contributed by atoms with van der Waals surface area (Å²) in [4.78, 5) is 47.7. The second-order valence-electron chi connectivity index (χ2n) is 9.44. The molecule has 3 heterocycles. The van der Waals surface area contributed by atoms with Gasteiger partial charge in [0.25, 0.3) is 5.91 Å². The van der Waals surface area contributed by atoms with Gasteiger partial charge in [0.1, 0.15) is 19.0 Å². The van der Waals surface area contributed by atoms with Gasteiger partial charge in [-0.25, -0.2) is 9.78 Å². The number of nitrogens with zero attached hydrogens (tertiary/aromatic N) is 5. The predicted molar refractivity (Wildman–Crippen MR) is 147 cm³/mol. The molecule has 0 spiro atoms. The Morgan fingerprint density at radius 2 is 1.79 bits per heavy atom. The van der Waals surface area contributed by atoms with E-state index in [0.29, 0.717) is 17.9 Å². The van der Waals surface area contributed by atoms with Crippen LogP contribution in [0.5, 0.6) is 0 Å². The van der Waals surface area contributed by atoms with Crippen molar-refractivity contribution in [3.8, 4) is 0 Å². The van der Waals surface area contributed by atoms with Crippen LogP contribution in [0.25, 0.3) is 10.9 Å². The molecule has 1 aliphatic heterocycles. The molecule has 9 nitrogen and oxygen atoms in total. The van der Waals surface area contributed by atoms with Crippen LogP contribution in [0.15, 0.2) is 91.4 Å². The number of hydrogen-bond donors (Lipinski definition) is 0. The van der Waals surface area contributed by atoms with E-state index < -0.39 is 12.0 Å². The van der Waals surface area contributed by atoms with Crippen LogP contribution < -0.4 is 4.90 Å². The average molecular weight is 524 g/mol. The van der Waals surface area contributed by atoms with E-state index in [0.717, 1.165) is 22.0 Å². The lowest BCUT2D eigenvalue weighted by Gasteiger charge is -2.20. The Balaban J connectivity index is 1.29. The number of ether oxygens (including phenoxy) is 1. The second kappa shape index (κ2) is 11.2. The van der Waals surface area contributed by atoms with Crippen molar-refractivity contribution in [3.05, 3.63) is 108 Å². The number of rotatable bonds is 6. The van der Waals surface area contributed by atoms with E-state index >= 15 is 0 Å². The zero-order valence-corrected chi connectivity index (χ0v) is 21.9. The number of para-hydroxylation sites is 1. The van der Waals surface area contributed by atoms with Gasteiger partial charge >= 0.3 is 6.09 Å². The first kappa shape index (κ1) is 25.7. The number of carbonyl (C=O) groups excluding carboxylic acids is 3. The van der Waals surface area contributed by atoms with Gasteiger partial charge in [-0.3, -0.25) is 19.4 Å². The molecule has 3 amide bonds. The van der Waals surface area contributed by atoms with Crippen LogP contribution in [-0.2, 0) is 41.1 Å². The van der Waals surface area contributed by atoms with Crippen molar-refractivity contribution >= 4 is 34.6 Å². The van der Waals surface area contributed by atoms with Crippen molar-refractivity contribution < 1.29 is 19.1 Å². The highest BCUT2D eigenvalue weighted by molar-refractivity contribution is 6.00.